The van der Waals surface area contributed by atoms with E-state index in [2.05, 4.69) is 4.74 Å². The summed E-state index contributed by atoms with van der Waals surface area (Å²) in [7, 11) is 1.16. The molecular weight excluding hydrogens is 565 g/mol. The molecule has 0 spiro atoms. The van der Waals surface area contributed by atoms with Crippen LogP contribution >= 0.6 is 11.3 Å². The Labute approximate surface area is 244 Å². The van der Waals surface area contributed by atoms with Gasteiger partial charge in [0.25, 0.3) is 5.91 Å². The highest BCUT2D eigenvalue weighted by Crippen LogP contribution is 2.52. The number of carbonyl (C=O) groups excluding carboxylic acids is 2. The van der Waals surface area contributed by atoms with E-state index in [9.17, 15) is 14.7 Å². The highest BCUT2D eigenvalue weighted by atomic mass is 32.1. The Morgan fingerprint density at radius 3 is 2.83 bits per heavy atom. The number of fused-ring (bicyclic) bond motifs is 7. The van der Waals surface area contributed by atoms with Gasteiger partial charge in [-0.1, -0.05) is 36.4 Å². The van der Waals surface area contributed by atoms with Crippen LogP contribution in [0.25, 0.3) is 21.6 Å². The summed E-state index contributed by atoms with van der Waals surface area (Å²) in [6.45, 7) is 0.247. The lowest BCUT2D eigenvalue weighted by Crippen LogP contribution is -2.68. The third-order valence-corrected chi connectivity index (χ3v) is 8.81. The quantitative estimate of drug-likeness (QED) is 0.354. The lowest BCUT2D eigenvalue weighted by molar-refractivity contribution is -0.191. The third-order valence-electron chi connectivity index (χ3n) is 7.86. The number of nitrogens with zero attached hydrogens (tertiary/aromatic N) is 3. The van der Waals surface area contributed by atoms with Gasteiger partial charge in [-0.05, 0) is 40.3 Å². The molecule has 7 rings (SSSR count). The maximum absolute atomic E-state index is 15.8. The highest BCUT2D eigenvalue weighted by molar-refractivity contribution is 7.14. The van der Waals surface area contributed by atoms with Gasteiger partial charge < -0.3 is 29.0 Å². The summed E-state index contributed by atoms with van der Waals surface area (Å²) in [6, 6.07) is 14.4. The third kappa shape index (κ3) is 4.09. The summed E-state index contributed by atoms with van der Waals surface area (Å²) < 4.78 is 36.8. The Balaban J connectivity index is 1.44. The van der Waals surface area contributed by atoms with Crippen LogP contribution in [-0.2, 0) is 23.7 Å². The minimum atomic E-state index is -1.28. The Kier molecular flexibility index (Phi) is 6.70. The predicted molar refractivity (Wildman–Crippen MR) is 149 cm³/mol. The van der Waals surface area contributed by atoms with Crippen molar-refractivity contribution >= 4 is 23.4 Å². The fraction of sp³-hybridized carbons (Fsp3) is 0.267. The molecule has 4 heterocycles. The van der Waals surface area contributed by atoms with Gasteiger partial charge >= 0.3 is 6.16 Å². The topological polar surface area (TPSA) is 101 Å². The fourth-order valence-electron chi connectivity index (χ4n) is 6.11. The zero-order valence-corrected chi connectivity index (χ0v) is 23.3. The summed E-state index contributed by atoms with van der Waals surface area (Å²) in [5.41, 5.74) is 3.95. The Morgan fingerprint density at radius 2 is 1.98 bits per heavy atom. The van der Waals surface area contributed by atoms with Crippen molar-refractivity contribution in [3.05, 3.63) is 94.6 Å². The maximum Gasteiger partial charge on any atom is 0.510 e. The molecule has 1 aromatic heterocycles. The minimum Gasteiger partial charge on any atom is -0.456 e. The molecule has 1 amide bonds. The summed E-state index contributed by atoms with van der Waals surface area (Å²) >= 11 is 1.55. The molecule has 10 nitrogen and oxygen atoms in total. The number of hydrogen-bond donors (Lipinski definition) is 1. The molecule has 0 saturated carbocycles. The van der Waals surface area contributed by atoms with Crippen LogP contribution in [0, 0.1) is 5.82 Å². The van der Waals surface area contributed by atoms with Gasteiger partial charge in [0.15, 0.2) is 11.5 Å². The molecule has 216 valence electrons. The number of aliphatic hydroxyl groups is 1. The molecule has 1 aliphatic carbocycles. The van der Waals surface area contributed by atoms with Crippen LogP contribution in [0.2, 0.25) is 0 Å². The standard InChI is InChI=1S/C30H26FN3O7S/c1-38-30(37)41-16-40-27-22(35)9-11-33-26(27)29(36)32-12-13-39-15-23(32)34(33)25-17-5-2-3-6-18(17)28-20(10-14-42-28)24-19(25)7-4-8-21(24)31/h2-11,14,22-23,25,35H,12-13,15-16H2,1H3/t22?,23-,25-/m1/s1. The van der Waals surface area contributed by atoms with Crippen LogP contribution in [-0.4, -0.2) is 78.0 Å². The van der Waals surface area contributed by atoms with E-state index >= 15 is 4.39 Å². The van der Waals surface area contributed by atoms with E-state index < -0.39 is 31.3 Å². The number of hydrogen-bond acceptors (Lipinski definition) is 10. The van der Waals surface area contributed by atoms with Gasteiger partial charge in [-0.2, -0.15) is 5.01 Å². The molecule has 1 N–H and O–H groups in total. The molecule has 0 radical (unpaired) electrons. The van der Waals surface area contributed by atoms with Crippen molar-refractivity contribution < 1.29 is 38.0 Å². The number of aliphatic hydroxyl groups excluding tert-OH is 1. The van der Waals surface area contributed by atoms with E-state index in [1.807, 2.05) is 46.8 Å². The van der Waals surface area contributed by atoms with Crippen LogP contribution in [0.1, 0.15) is 17.2 Å². The van der Waals surface area contributed by atoms with Crippen molar-refractivity contribution in [2.45, 2.75) is 18.3 Å². The maximum atomic E-state index is 15.8. The Hall–Kier alpha value is -4.23. The number of morpholine rings is 1. The minimum absolute atomic E-state index is 0.0612. The highest BCUT2D eigenvalue weighted by Gasteiger charge is 2.51. The second-order valence-electron chi connectivity index (χ2n) is 10.00. The molecule has 4 aliphatic rings. The van der Waals surface area contributed by atoms with Crippen molar-refractivity contribution in [3.63, 3.8) is 0 Å². The Bertz CT molecular complexity index is 1640. The molecule has 3 aromatic rings. The van der Waals surface area contributed by atoms with E-state index in [-0.39, 0.29) is 29.8 Å². The summed E-state index contributed by atoms with van der Waals surface area (Å²) in [4.78, 5) is 28.2. The second kappa shape index (κ2) is 10.6. The first-order chi connectivity index (χ1) is 20.5. The lowest BCUT2D eigenvalue weighted by Gasteiger charge is -2.55. The average Bonchev–Trinajstić information content (AvgIpc) is 3.45. The van der Waals surface area contributed by atoms with E-state index in [1.165, 1.54) is 12.1 Å². The van der Waals surface area contributed by atoms with Gasteiger partial charge in [0.1, 0.15) is 18.1 Å². The van der Waals surface area contributed by atoms with Crippen molar-refractivity contribution in [1.29, 1.82) is 0 Å². The van der Waals surface area contributed by atoms with E-state index in [4.69, 9.17) is 14.2 Å². The largest absolute Gasteiger partial charge is 0.510 e. The SMILES string of the molecule is COC(=O)OCOC1=C2C(=O)N3CCOC[C@H]3N([C@@H]3c4ccccc4-c4sccc4-c4c(F)cccc43)N2C=CC1O. The first-order valence-corrected chi connectivity index (χ1v) is 14.2. The molecule has 1 unspecified atom stereocenters. The molecule has 2 fully saturated rings. The molecular formula is C30H26FN3O7S. The molecule has 42 heavy (non-hydrogen) atoms. The summed E-state index contributed by atoms with van der Waals surface area (Å²) in [5, 5.41) is 16.5. The number of amides is 1. The number of halogens is 1. The lowest BCUT2D eigenvalue weighted by atomic mass is 9.91. The molecule has 0 bridgehead atoms. The Morgan fingerprint density at radius 1 is 1.14 bits per heavy atom. The predicted octanol–water partition coefficient (Wildman–Crippen LogP) is 4.20. The van der Waals surface area contributed by atoms with Crippen LogP contribution in [0.15, 0.2) is 77.6 Å². The van der Waals surface area contributed by atoms with Crippen LogP contribution < -0.4 is 0 Å². The number of rotatable bonds is 4. The molecule has 12 heteroatoms. The first kappa shape index (κ1) is 26.7. The molecule has 3 aliphatic heterocycles. The average molecular weight is 592 g/mol. The van der Waals surface area contributed by atoms with Gasteiger partial charge in [0.05, 0.1) is 26.4 Å². The monoisotopic (exact) mass is 591 g/mol. The first-order valence-electron chi connectivity index (χ1n) is 13.4. The van der Waals surface area contributed by atoms with Crippen LogP contribution in [0.4, 0.5) is 9.18 Å². The van der Waals surface area contributed by atoms with Crippen molar-refractivity contribution in [3.8, 4) is 21.6 Å². The van der Waals surface area contributed by atoms with E-state index in [1.54, 1.807) is 33.5 Å². The number of ether oxygens (including phenoxy) is 4. The van der Waals surface area contributed by atoms with Crippen LogP contribution in [0.3, 0.4) is 0 Å². The van der Waals surface area contributed by atoms with Crippen molar-refractivity contribution in [2.24, 2.45) is 0 Å². The van der Waals surface area contributed by atoms with Crippen molar-refractivity contribution in [2.75, 3.05) is 33.7 Å². The fourth-order valence-corrected chi connectivity index (χ4v) is 7.06. The van der Waals surface area contributed by atoms with Crippen molar-refractivity contribution in [1.82, 2.24) is 14.9 Å². The molecule has 2 saturated heterocycles. The van der Waals surface area contributed by atoms with E-state index in [0.29, 0.717) is 18.7 Å². The van der Waals surface area contributed by atoms with Gasteiger partial charge in [0.2, 0.25) is 6.79 Å². The molecule has 2 aromatic carbocycles. The summed E-state index contributed by atoms with van der Waals surface area (Å²) in [5.74, 6) is -0.808. The zero-order valence-electron chi connectivity index (χ0n) is 22.4. The number of carbonyl (C=O) groups is 2. The number of thiophene rings is 1. The number of methoxy groups -OCH3 is 1. The second-order valence-corrected chi connectivity index (χ2v) is 10.9. The van der Waals surface area contributed by atoms with Gasteiger partial charge in [-0.15, -0.1) is 11.3 Å². The number of benzene rings is 2. The number of hydrazine groups is 1. The molecule has 3 atom stereocenters. The van der Waals surface area contributed by atoms with Gasteiger partial charge in [-0.3, -0.25) is 9.80 Å². The normalized spacial score (nSPS) is 22.8. The van der Waals surface area contributed by atoms with Gasteiger partial charge in [0, 0.05) is 28.7 Å². The smallest absolute Gasteiger partial charge is 0.456 e. The van der Waals surface area contributed by atoms with E-state index in [0.717, 1.165) is 34.2 Å². The van der Waals surface area contributed by atoms with Crippen LogP contribution in [0.5, 0.6) is 0 Å². The summed E-state index contributed by atoms with van der Waals surface area (Å²) in [6.07, 6.45) is 0.277. The zero-order chi connectivity index (χ0) is 29.0. The van der Waals surface area contributed by atoms with Gasteiger partial charge in [-0.25, -0.2) is 9.18 Å².